The SMILES string of the molecule is CC(c1ccc(Br)s1)N1CCOC(CC(=O)O)C1. The standard InChI is InChI=1S/C12H16BrNO3S/c1-8(10-2-3-11(13)18-10)14-4-5-17-9(7-14)6-12(15)16/h2-3,8-9H,4-7H2,1H3,(H,15,16). The topological polar surface area (TPSA) is 49.8 Å². The highest BCUT2D eigenvalue weighted by molar-refractivity contribution is 9.11. The van der Waals surface area contributed by atoms with Gasteiger partial charge in [-0.2, -0.15) is 0 Å². The fourth-order valence-corrected chi connectivity index (χ4v) is 3.65. The van der Waals surface area contributed by atoms with Gasteiger partial charge < -0.3 is 9.84 Å². The van der Waals surface area contributed by atoms with Crippen molar-refractivity contribution in [3.05, 3.63) is 20.8 Å². The molecule has 4 nitrogen and oxygen atoms in total. The molecule has 1 aromatic rings. The molecule has 0 aromatic carbocycles. The Hall–Kier alpha value is -0.430. The Balaban J connectivity index is 1.97. The Bertz CT molecular complexity index is 423. The van der Waals surface area contributed by atoms with Gasteiger partial charge in [0.1, 0.15) is 0 Å². The number of thiophene rings is 1. The highest BCUT2D eigenvalue weighted by Gasteiger charge is 2.26. The maximum absolute atomic E-state index is 10.7. The molecule has 1 aliphatic rings. The van der Waals surface area contributed by atoms with Gasteiger partial charge in [-0.15, -0.1) is 11.3 Å². The molecule has 0 radical (unpaired) electrons. The lowest BCUT2D eigenvalue weighted by molar-refractivity contribution is -0.142. The number of hydrogen-bond donors (Lipinski definition) is 1. The van der Waals surface area contributed by atoms with Crippen LogP contribution in [0.15, 0.2) is 15.9 Å². The molecule has 0 aliphatic carbocycles. The molecule has 0 amide bonds. The Morgan fingerprint density at radius 1 is 1.72 bits per heavy atom. The van der Waals surface area contributed by atoms with Crippen molar-refractivity contribution in [2.24, 2.45) is 0 Å². The van der Waals surface area contributed by atoms with E-state index in [2.05, 4.69) is 33.8 Å². The summed E-state index contributed by atoms with van der Waals surface area (Å²) >= 11 is 5.19. The third-order valence-corrected chi connectivity index (χ3v) is 4.92. The van der Waals surface area contributed by atoms with Gasteiger partial charge in [0, 0.05) is 24.0 Å². The summed E-state index contributed by atoms with van der Waals surface area (Å²) in [5, 5.41) is 8.81. The summed E-state index contributed by atoms with van der Waals surface area (Å²) in [6.45, 7) is 4.30. The van der Waals surface area contributed by atoms with Crippen LogP contribution in [0.4, 0.5) is 0 Å². The minimum Gasteiger partial charge on any atom is -0.481 e. The average Bonchev–Trinajstić information content (AvgIpc) is 2.74. The molecule has 1 N–H and O–H groups in total. The van der Waals surface area contributed by atoms with Crippen molar-refractivity contribution in [2.75, 3.05) is 19.7 Å². The van der Waals surface area contributed by atoms with Crippen LogP contribution in [0.25, 0.3) is 0 Å². The molecular formula is C12H16BrNO3S. The van der Waals surface area contributed by atoms with Gasteiger partial charge in [-0.05, 0) is 35.0 Å². The van der Waals surface area contributed by atoms with Crippen molar-refractivity contribution in [1.29, 1.82) is 0 Å². The van der Waals surface area contributed by atoms with Gasteiger partial charge >= 0.3 is 5.97 Å². The van der Waals surface area contributed by atoms with Crippen molar-refractivity contribution in [2.45, 2.75) is 25.5 Å². The first-order valence-electron chi connectivity index (χ1n) is 5.89. The van der Waals surface area contributed by atoms with Crippen molar-refractivity contribution >= 4 is 33.2 Å². The number of carboxylic acids is 1. The van der Waals surface area contributed by atoms with E-state index >= 15 is 0 Å². The Labute approximate surface area is 119 Å². The number of ether oxygens (including phenoxy) is 1. The van der Waals surface area contributed by atoms with Crippen LogP contribution in [0.5, 0.6) is 0 Å². The first kappa shape index (κ1) is 14.0. The van der Waals surface area contributed by atoms with Crippen molar-refractivity contribution < 1.29 is 14.6 Å². The second kappa shape index (κ2) is 6.14. The molecule has 1 saturated heterocycles. The van der Waals surface area contributed by atoms with Crippen molar-refractivity contribution in [3.8, 4) is 0 Å². The highest BCUT2D eigenvalue weighted by atomic mass is 79.9. The normalized spacial score (nSPS) is 22.9. The molecular weight excluding hydrogens is 318 g/mol. The van der Waals surface area contributed by atoms with E-state index in [-0.39, 0.29) is 12.5 Å². The molecule has 1 fully saturated rings. The molecule has 1 aromatic heterocycles. The number of aliphatic carboxylic acids is 1. The number of carboxylic acid groups (broad SMARTS) is 1. The van der Waals surface area contributed by atoms with Crippen LogP contribution >= 0.6 is 27.3 Å². The van der Waals surface area contributed by atoms with Crippen molar-refractivity contribution in [1.82, 2.24) is 4.90 Å². The van der Waals surface area contributed by atoms with E-state index in [1.807, 2.05) is 6.07 Å². The van der Waals surface area contributed by atoms with Crippen molar-refractivity contribution in [3.63, 3.8) is 0 Å². The molecule has 0 saturated carbocycles. The smallest absolute Gasteiger partial charge is 0.306 e. The highest BCUT2D eigenvalue weighted by Crippen LogP contribution is 2.31. The second-order valence-electron chi connectivity index (χ2n) is 4.40. The third kappa shape index (κ3) is 3.54. The molecule has 18 heavy (non-hydrogen) atoms. The van der Waals surface area contributed by atoms with Crippen LogP contribution in [0, 0.1) is 0 Å². The van der Waals surface area contributed by atoms with Crippen LogP contribution in [0.1, 0.15) is 24.3 Å². The molecule has 2 unspecified atom stereocenters. The summed E-state index contributed by atoms with van der Waals surface area (Å²) in [6.07, 6.45) is -0.112. The van der Waals surface area contributed by atoms with E-state index in [1.165, 1.54) is 4.88 Å². The number of rotatable bonds is 4. The van der Waals surface area contributed by atoms with E-state index in [0.29, 0.717) is 19.2 Å². The largest absolute Gasteiger partial charge is 0.481 e. The molecule has 100 valence electrons. The monoisotopic (exact) mass is 333 g/mol. The van der Waals surface area contributed by atoms with Gasteiger partial charge in [-0.25, -0.2) is 0 Å². The number of morpholine rings is 1. The first-order chi connectivity index (χ1) is 8.56. The summed E-state index contributed by atoms with van der Waals surface area (Å²) in [7, 11) is 0. The maximum Gasteiger partial charge on any atom is 0.306 e. The lowest BCUT2D eigenvalue weighted by Crippen LogP contribution is -2.44. The van der Waals surface area contributed by atoms with Crippen LogP contribution in [-0.2, 0) is 9.53 Å². The molecule has 2 rings (SSSR count). The van der Waals surface area contributed by atoms with Crippen LogP contribution < -0.4 is 0 Å². The summed E-state index contributed by atoms with van der Waals surface area (Å²) in [5.41, 5.74) is 0. The molecule has 2 atom stereocenters. The minimum absolute atomic E-state index is 0.0807. The fraction of sp³-hybridized carbons (Fsp3) is 0.583. The van der Waals surface area contributed by atoms with Gasteiger partial charge in [0.05, 0.1) is 22.9 Å². The van der Waals surface area contributed by atoms with Gasteiger partial charge in [-0.1, -0.05) is 0 Å². The lowest BCUT2D eigenvalue weighted by atomic mass is 10.1. The number of nitrogens with zero attached hydrogens (tertiary/aromatic N) is 1. The molecule has 6 heteroatoms. The van der Waals surface area contributed by atoms with E-state index in [1.54, 1.807) is 11.3 Å². The summed E-state index contributed by atoms with van der Waals surface area (Å²) in [4.78, 5) is 14.3. The van der Waals surface area contributed by atoms with Crippen LogP contribution in [-0.4, -0.2) is 41.8 Å². The van der Waals surface area contributed by atoms with E-state index in [9.17, 15) is 4.79 Å². The Kier molecular flexibility index (Phi) is 4.77. The quantitative estimate of drug-likeness (QED) is 0.920. The third-order valence-electron chi connectivity index (χ3n) is 3.13. The van der Waals surface area contributed by atoms with E-state index in [4.69, 9.17) is 9.84 Å². The maximum atomic E-state index is 10.7. The van der Waals surface area contributed by atoms with Gasteiger partial charge in [0.15, 0.2) is 0 Å². The van der Waals surface area contributed by atoms with Gasteiger partial charge in [0.2, 0.25) is 0 Å². The predicted molar refractivity (Wildman–Crippen MR) is 74.0 cm³/mol. The number of carbonyl (C=O) groups is 1. The molecule has 1 aliphatic heterocycles. The zero-order chi connectivity index (χ0) is 13.1. The lowest BCUT2D eigenvalue weighted by Gasteiger charge is -2.36. The zero-order valence-electron chi connectivity index (χ0n) is 10.1. The van der Waals surface area contributed by atoms with Gasteiger partial charge in [0.25, 0.3) is 0 Å². The Morgan fingerprint density at radius 2 is 2.50 bits per heavy atom. The van der Waals surface area contributed by atoms with E-state index < -0.39 is 5.97 Å². The minimum atomic E-state index is -0.798. The first-order valence-corrected chi connectivity index (χ1v) is 7.50. The van der Waals surface area contributed by atoms with Gasteiger partial charge in [-0.3, -0.25) is 9.69 Å². The predicted octanol–water partition coefficient (Wildman–Crippen LogP) is 2.75. The fourth-order valence-electron chi connectivity index (χ4n) is 2.14. The summed E-state index contributed by atoms with van der Waals surface area (Å²) in [6, 6.07) is 4.47. The number of halogens is 1. The Morgan fingerprint density at radius 3 is 3.11 bits per heavy atom. The van der Waals surface area contributed by atoms with E-state index in [0.717, 1.165) is 10.3 Å². The van der Waals surface area contributed by atoms with Crippen LogP contribution in [0.3, 0.4) is 0 Å². The zero-order valence-corrected chi connectivity index (χ0v) is 12.5. The summed E-state index contributed by atoms with van der Waals surface area (Å²) in [5.74, 6) is -0.798. The number of hydrogen-bond acceptors (Lipinski definition) is 4. The molecule has 0 spiro atoms. The second-order valence-corrected chi connectivity index (χ2v) is 6.90. The van der Waals surface area contributed by atoms with Crippen LogP contribution in [0.2, 0.25) is 0 Å². The molecule has 2 heterocycles. The molecule has 0 bridgehead atoms. The summed E-state index contributed by atoms with van der Waals surface area (Å²) < 4.78 is 6.61. The average molecular weight is 334 g/mol.